The SMILES string of the molecule is Cc1ccc(CSC2=C(C(=O)O)N3C(=O)[C@H]([C@@H](C)O)[C@H]3C2)c[n+]1C. The first kappa shape index (κ1) is 17.0. The largest absolute Gasteiger partial charge is 0.477 e. The van der Waals surface area contributed by atoms with Crippen LogP contribution in [0.25, 0.3) is 0 Å². The first-order valence-corrected chi connectivity index (χ1v) is 8.85. The highest BCUT2D eigenvalue weighted by Gasteiger charge is 2.56. The Hall–Kier alpha value is -1.86. The first-order chi connectivity index (χ1) is 11.3. The molecular formula is C17H21N2O4S+. The van der Waals surface area contributed by atoms with E-state index in [0.717, 1.165) is 11.3 Å². The van der Waals surface area contributed by atoms with Gasteiger partial charge in [0, 0.05) is 35.6 Å². The molecule has 2 aliphatic heterocycles. The summed E-state index contributed by atoms with van der Waals surface area (Å²) in [6, 6.07) is 3.83. The zero-order chi connectivity index (χ0) is 17.6. The summed E-state index contributed by atoms with van der Waals surface area (Å²) in [6.45, 7) is 3.60. The highest BCUT2D eigenvalue weighted by atomic mass is 32.2. The molecule has 0 bridgehead atoms. The lowest BCUT2D eigenvalue weighted by molar-refractivity contribution is -0.678. The van der Waals surface area contributed by atoms with Crippen LogP contribution in [0.1, 0.15) is 24.6 Å². The van der Waals surface area contributed by atoms with Gasteiger partial charge in [-0.2, -0.15) is 0 Å². The van der Waals surface area contributed by atoms with Crippen molar-refractivity contribution in [2.24, 2.45) is 13.0 Å². The predicted octanol–water partition coefficient (Wildman–Crippen LogP) is 0.960. The number of aliphatic hydroxyl groups is 1. The molecule has 1 saturated heterocycles. The van der Waals surface area contributed by atoms with Crippen LogP contribution in [0, 0.1) is 12.8 Å². The highest BCUT2D eigenvalue weighted by molar-refractivity contribution is 8.02. The second-order valence-corrected chi connectivity index (χ2v) is 7.47. The van der Waals surface area contributed by atoms with Crippen molar-refractivity contribution in [3.63, 3.8) is 0 Å². The molecule has 1 fully saturated rings. The first-order valence-electron chi connectivity index (χ1n) is 7.86. The number of nitrogens with zero attached hydrogens (tertiary/aromatic N) is 2. The number of aryl methyl sites for hydroxylation is 2. The molecule has 0 saturated carbocycles. The van der Waals surface area contributed by atoms with Crippen LogP contribution in [0.5, 0.6) is 0 Å². The van der Waals surface area contributed by atoms with Gasteiger partial charge in [0.05, 0.1) is 18.1 Å². The maximum absolute atomic E-state index is 12.2. The molecule has 0 radical (unpaired) electrons. The Morgan fingerprint density at radius 3 is 2.79 bits per heavy atom. The van der Waals surface area contributed by atoms with Gasteiger partial charge >= 0.3 is 5.97 Å². The van der Waals surface area contributed by atoms with Crippen LogP contribution in [0.3, 0.4) is 0 Å². The Bertz CT molecular complexity index is 744. The molecule has 2 aliphatic rings. The minimum absolute atomic E-state index is 0.0865. The van der Waals surface area contributed by atoms with Gasteiger partial charge < -0.3 is 15.1 Å². The fourth-order valence-electron chi connectivity index (χ4n) is 3.35. The number of hydrogen-bond acceptors (Lipinski definition) is 4. The molecule has 7 heteroatoms. The summed E-state index contributed by atoms with van der Waals surface area (Å²) in [7, 11) is 1.97. The number of carbonyl (C=O) groups is 2. The van der Waals surface area contributed by atoms with E-state index in [1.807, 2.05) is 36.9 Å². The number of carboxylic acids is 1. The van der Waals surface area contributed by atoms with Crippen molar-refractivity contribution in [3.05, 3.63) is 40.2 Å². The number of hydrogen-bond donors (Lipinski definition) is 2. The Morgan fingerprint density at radius 2 is 2.21 bits per heavy atom. The molecular weight excluding hydrogens is 328 g/mol. The zero-order valence-corrected chi connectivity index (χ0v) is 14.7. The van der Waals surface area contributed by atoms with E-state index in [1.165, 1.54) is 16.7 Å². The number of pyridine rings is 1. The lowest BCUT2D eigenvalue weighted by Gasteiger charge is -2.44. The maximum Gasteiger partial charge on any atom is 0.353 e. The second kappa shape index (κ2) is 6.22. The minimum Gasteiger partial charge on any atom is -0.477 e. The molecule has 128 valence electrons. The Labute approximate surface area is 144 Å². The zero-order valence-electron chi connectivity index (χ0n) is 13.9. The molecule has 0 unspecified atom stereocenters. The van der Waals surface area contributed by atoms with Crippen LogP contribution in [-0.2, 0) is 22.4 Å². The summed E-state index contributed by atoms with van der Waals surface area (Å²) in [5.41, 5.74) is 2.32. The fraction of sp³-hybridized carbons (Fsp3) is 0.471. The second-order valence-electron chi connectivity index (χ2n) is 6.40. The lowest BCUT2D eigenvalue weighted by Crippen LogP contribution is -2.61. The van der Waals surface area contributed by atoms with E-state index in [2.05, 4.69) is 0 Å². The van der Waals surface area contributed by atoms with Gasteiger partial charge in [-0.25, -0.2) is 9.36 Å². The van der Waals surface area contributed by atoms with Crippen LogP contribution in [-0.4, -0.2) is 39.1 Å². The number of carbonyl (C=O) groups excluding carboxylic acids is 1. The molecule has 1 aromatic heterocycles. The fourth-order valence-corrected chi connectivity index (χ4v) is 4.48. The molecule has 1 amide bonds. The molecule has 0 aliphatic carbocycles. The van der Waals surface area contributed by atoms with Crippen molar-refractivity contribution < 1.29 is 24.4 Å². The van der Waals surface area contributed by atoms with E-state index in [4.69, 9.17) is 0 Å². The van der Waals surface area contributed by atoms with Crippen LogP contribution < -0.4 is 4.57 Å². The summed E-state index contributed by atoms with van der Waals surface area (Å²) in [6.07, 6.45) is 1.77. The predicted molar refractivity (Wildman–Crippen MR) is 88.7 cm³/mol. The third-order valence-electron chi connectivity index (χ3n) is 4.76. The Kier molecular flexibility index (Phi) is 4.40. The van der Waals surface area contributed by atoms with Gasteiger partial charge in [-0.15, -0.1) is 11.8 Å². The average molecular weight is 349 g/mol. The third kappa shape index (κ3) is 2.71. The molecule has 1 aromatic rings. The minimum atomic E-state index is -1.08. The molecule has 0 aromatic carbocycles. The standard InChI is InChI=1S/C17H20N2O4S/c1-9-4-5-11(7-18(9)3)8-24-13-6-12-14(10(2)20)16(21)19(12)15(13)17(22)23/h4-5,7,10,12,14,20H,6,8H2,1-3H3/p+1/t10-,12-,14-/m1/s1. The van der Waals surface area contributed by atoms with Gasteiger partial charge in [-0.1, -0.05) is 0 Å². The van der Waals surface area contributed by atoms with Crippen molar-refractivity contribution in [1.29, 1.82) is 0 Å². The van der Waals surface area contributed by atoms with Crippen LogP contribution >= 0.6 is 11.8 Å². The van der Waals surface area contributed by atoms with Gasteiger partial charge in [-0.3, -0.25) is 4.79 Å². The molecule has 2 N–H and O–H groups in total. The van der Waals surface area contributed by atoms with Crippen LogP contribution in [0.15, 0.2) is 28.9 Å². The van der Waals surface area contributed by atoms with Gasteiger partial charge in [0.25, 0.3) is 0 Å². The number of fused-ring (bicyclic) bond motifs is 1. The number of aliphatic carboxylic acids is 1. The molecule has 24 heavy (non-hydrogen) atoms. The monoisotopic (exact) mass is 349 g/mol. The van der Waals surface area contributed by atoms with Crippen molar-refractivity contribution in [1.82, 2.24) is 4.90 Å². The summed E-state index contributed by atoms with van der Waals surface area (Å²) in [4.78, 5) is 25.8. The highest BCUT2D eigenvalue weighted by Crippen LogP contribution is 2.47. The molecule has 6 nitrogen and oxygen atoms in total. The summed E-state index contributed by atoms with van der Waals surface area (Å²) in [5.74, 6) is -1.21. The summed E-state index contributed by atoms with van der Waals surface area (Å²) in [5, 5.41) is 19.2. The number of rotatable bonds is 5. The number of carboxylic acid groups (broad SMARTS) is 1. The van der Waals surface area contributed by atoms with E-state index < -0.39 is 18.0 Å². The molecule has 3 rings (SSSR count). The van der Waals surface area contributed by atoms with Gasteiger partial charge in [0.2, 0.25) is 5.91 Å². The van der Waals surface area contributed by atoms with Crippen molar-refractivity contribution >= 4 is 23.6 Å². The average Bonchev–Trinajstić information content (AvgIpc) is 2.82. The van der Waals surface area contributed by atoms with E-state index >= 15 is 0 Å². The third-order valence-corrected chi connectivity index (χ3v) is 5.94. The van der Waals surface area contributed by atoms with E-state index in [9.17, 15) is 19.8 Å². The van der Waals surface area contributed by atoms with E-state index in [-0.39, 0.29) is 17.6 Å². The smallest absolute Gasteiger partial charge is 0.353 e. The van der Waals surface area contributed by atoms with Crippen LogP contribution in [0.2, 0.25) is 0 Å². The Morgan fingerprint density at radius 1 is 1.50 bits per heavy atom. The van der Waals surface area contributed by atoms with Gasteiger partial charge in [0.1, 0.15) is 12.7 Å². The van der Waals surface area contributed by atoms with Crippen molar-refractivity contribution in [2.45, 2.75) is 38.2 Å². The number of thioether (sulfide) groups is 1. The number of aromatic nitrogens is 1. The van der Waals surface area contributed by atoms with Gasteiger partial charge in [0.15, 0.2) is 11.9 Å². The summed E-state index contributed by atoms with van der Waals surface area (Å²) < 4.78 is 2.03. The molecule has 3 heterocycles. The van der Waals surface area contributed by atoms with Crippen molar-refractivity contribution in [2.75, 3.05) is 0 Å². The number of amides is 1. The normalized spacial score (nSPS) is 24.0. The number of β-lactam (4-membered cyclic amide) rings is 1. The van der Waals surface area contributed by atoms with Gasteiger partial charge in [-0.05, 0) is 13.0 Å². The van der Waals surface area contributed by atoms with Crippen LogP contribution in [0.4, 0.5) is 0 Å². The van der Waals surface area contributed by atoms with E-state index in [1.54, 1.807) is 6.92 Å². The molecule has 3 atom stereocenters. The quantitative estimate of drug-likeness (QED) is 0.611. The lowest BCUT2D eigenvalue weighted by atomic mass is 9.83. The van der Waals surface area contributed by atoms with Crippen molar-refractivity contribution in [3.8, 4) is 0 Å². The Balaban J connectivity index is 1.78. The topological polar surface area (TPSA) is 81.7 Å². The summed E-state index contributed by atoms with van der Waals surface area (Å²) >= 11 is 1.46. The number of aliphatic hydroxyl groups excluding tert-OH is 1. The van der Waals surface area contributed by atoms with E-state index in [0.29, 0.717) is 17.1 Å². The maximum atomic E-state index is 12.2. The molecule has 0 spiro atoms.